The van der Waals surface area contributed by atoms with Gasteiger partial charge >= 0.3 is 0 Å². The lowest BCUT2D eigenvalue weighted by Gasteiger charge is -2.35. The summed E-state index contributed by atoms with van der Waals surface area (Å²) in [6.45, 7) is 6.78. The van der Waals surface area contributed by atoms with E-state index in [1.807, 2.05) is 25.1 Å². The van der Waals surface area contributed by atoms with Crippen LogP contribution in [0.25, 0.3) is 28.1 Å². The molecule has 5 rings (SSSR count). The van der Waals surface area contributed by atoms with Crippen molar-refractivity contribution in [2.45, 2.75) is 25.9 Å². The SMILES string of the molecule is C[C@@H](N)COc1ccc2ncc(-c3cc4c(N5CCOC[C@@H]5C)cccc4o3)n2n1. The van der Waals surface area contributed by atoms with Gasteiger partial charge in [0, 0.05) is 35.8 Å². The number of hydrogen-bond acceptors (Lipinski definition) is 7. The van der Waals surface area contributed by atoms with Crippen molar-refractivity contribution in [1.29, 1.82) is 0 Å². The average Bonchev–Trinajstić information content (AvgIpc) is 3.36. The predicted octanol–water partition coefficient (Wildman–Crippen LogP) is 3.09. The summed E-state index contributed by atoms with van der Waals surface area (Å²) in [6, 6.07) is 12.1. The summed E-state index contributed by atoms with van der Waals surface area (Å²) in [5.74, 6) is 1.21. The Balaban J connectivity index is 1.55. The van der Waals surface area contributed by atoms with E-state index in [1.165, 1.54) is 0 Å². The smallest absolute Gasteiger partial charge is 0.231 e. The molecule has 2 N–H and O–H groups in total. The molecule has 8 nitrogen and oxygen atoms in total. The van der Waals surface area contributed by atoms with E-state index in [0.717, 1.165) is 47.8 Å². The van der Waals surface area contributed by atoms with E-state index in [1.54, 1.807) is 16.8 Å². The molecule has 1 aliphatic rings. The zero-order chi connectivity index (χ0) is 20.7. The van der Waals surface area contributed by atoms with E-state index in [0.29, 0.717) is 24.3 Å². The fourth-order valence-corrected chi connectivity index (χ4v) is 3.83. The molecule has 0 bridgehead atoms. The number of fused-ring (bicyclic) bond motifs is 2. The molecule has 30 heavy (non-hydrogen) atoms. The number of morpholine rings is 1. The molecule has 0 radical (unpaired) electrons. The van der Waals surface area contributed by atoms with Crippen LogP contribution in [-0.4, -0.2) is 53.0 Å². The molecule has 3 aromatic heterocycles. The predicted molar refractivity (Wildman–Crippen MR) is 115 cm³/mol. The fourth-order valence-electron chi connectivity index (χ4n) is 3.83. The van der Waals surface area contributed by atoms with E-state index in [9.17, 15) is 0 Å². The number of furan rings is 1. The minimum atomic E-state index is -0.0684. The van der Waals surface area contributed by atoms with Crippen molar-refractivity contribution in [2.75, 3.05) is 31.3 Å². The Morgan fingerprint density at radius 2 is 2.20 bits per heavy atom. The van der Waals surface area contributed by atoms with Gasteiger partial charge in [0.25, 0.3) is 0 Å². The first-order valence-corrected chi connectivity index (χ1v) is 10.2. The van der Waals surface area contributed by atoms with Gasteiger partial charge in [0.1, 0.15) is 17.9 Å². The molecular formula is C22H25N5O3. The third-order valence-corrected chi connectivity index (χ3v) is 5.30. The van der Waals surface area contributed by atoms with Gasteiger partial charge in [0.15, 0.2) is 11.4 Å². The van der Waals surface area contributed by atoms with Crippen molar-refractivity contribution in [3.63, 3.8) is 0 Å². The Morgan fingerprint density at radius 3 is 3.03 bits per heavy atom. The lowest BCUT2D eigenvalue weighted by molar-refractivity contribution is 0.0991. The summed E-state index contributed by atoms with van der Waals surface area (Å²) in [6.07, 6.45) is 1.77. The molecule has 0 unspecified atom stereocenters. The molecule has 1 aromatic carbocycles. The molecule has 8 heteroatoms. The van der Waals surface area contributed by atoms with Gasteiger partial charge in [0.2, 0.25) is 5.88 Å². The molecule has 0 aliphatic carbocycles. The van der Waals surface area contributed by atoms with E-state index >= 15 is 0 Å². The van der Waals surface area contributed by atoms with Crippen molar-refractivity contribution >= 4 is 22.3 Å². The van der Waals surface area contributed by atoms with Gasteiger partial charge in [-0.25, -0.2) is 9.50 Å². The quantitative estimate of drug-likeness (QED) is 0.543. The largest absolute Gasteiger partial charge is 0.475 e. The number of nitrogens with two attached hydrogens (primary N) is 1. The second-order valence-corrected chi connectivity index (χ2v) is 7.79. The Kier molecular flexibility index (Phi) is 4.80. The number of nitrogens with zero attached hydrogens (tertiary/aromatic N) is 4. The second-order valence-electron chi connectivity index (χ2n) is 7.79. The monoisotopic (exact) mass is 407 g/mol. The van der Waals surface area contributed by atoms with Gasteiger partial charge in [-0.3, -0.25) is 0 Å². The molecule has 0 amide bonds. The summed E-state index contributed by atoms with van der Waals surface area (Å²) >= 11 is 0. The third kappa shape index (κ3) is 3.38. The third-order valence-electron chi connectivity index (χ3n) is 5.30. The summed E-state index contributed by atoms with van der Waals surface area (Å²) in [4.78, 5) is 6.83. The molecule has 1 saturated heterocycles. The maximum absolute atomic E-state index is 6.21. The molecular weight excluding hydrogens is 382 g/mol. The molecule has 1 fully saturated rings. The van der Waals surface area contributed by atoms with Crippen LogP contribution in [0, 0.1) is 0 Å². The van der Waals surface area contributed by atoms with Gasteiger partial charge < -0.3 is 24.5 Å². The first-order valence-electron chi connectivity index (χ1n) is 10.2. The molecule has 4 heterocycles. The van der Waals surface area contributed by atoms with E-state index in [4.69, 9.17) is 19.6 Å². The average molecular weight is 407 g/mol. The Bertz CT molecular complexity index is 1180. The maximum Gasteiger partial charge on any atom is 0.231 e. The zero-order valence-electron chi connectivity index (χ0n) is 17.1. The van der Waals surface area contributed by atoms with Crippen LogP contribution in [0.3, 0.4) is 0 Å². The van der Waals surface area contributed by atoms with Crippen LogP contribution in [0.5, 0.6) is 5.88 Å². The maximum atomic E-state index is 6.21. The standard InChI is InChI=1S/C22H25N5O3/c1-14(23)12-29-22-7-6-21-24-11-18(27(21)25-22)20-10-16-17(4-3-5-19(16)30-20)26-8-9-28-13-15(26)2/h3-7,10-11,14-15H,8-9,12-13,23H2,1-2H3/t14-,15+/m1/s1. The number of imidazole rings is 1. The Morgan fingerprint density at radius 1 is 1.30 bits per heavy atom. The highest BCUT2D eigenvalue weighted by Gasteiger charge is 2.23. The fraction of sp³-hybridized carbons (Fsp3) is 0.364. The Labute approximate surface area is 174 Å². The van der Waals surface area contributed by atoms with Crippen LogP contribution in [0.15, 0.2) is 47.0 Å². The number of benzene rings is 1. The molecule has 156 valence electrons. The molecule has 1 aliphatic heterocycles. The number of hydrogen-bond donors (Lipinski definition) is 1. The van der Waals surface area contributed by atoms with Crippen LogP contribution < -0.4 is 15.4 Å². The molecule has 0 spiro atoms. The molecule has 0 saturated carbocycles. The second kappa shape index (κ2) is 7.62. The normalized spacial score (nSPS) is 18.2. The lowest BCUT2D eigenvalue weighted by atomic mass is 10.1. The van der Waals surface area contributed by atoms with Crippen molar-refractivity contribution in [1.82, 2.24) is 14.6 Å². The van der Waals surface area contributed by atoms with Gasteiger partial charge in [-0.1, -0.05) is 6.07 Å². The van der Waals surface area contributed by atoms with Crippen molar-refractivity contribution in [3.8, 4) is 17.3 Å². The van der Waals surface area contributed by atoms with Gasteiger partial charge in [0.05, 0.1) is 19.4 Å². The van der Waals surface area contributed by atoms with Crippen LogP contribution in [-0.2, 0) is 4.74 Å². The molecule has 2 atom stereocenters. The van der Waals surface area contributed by atoms with E-state index in [-0.39, 0.29) is 6.04 Å². The number of anilines is 1. The zero-order valence-corrected chi connectivity index (χ0v) is 17.1. The highest BCUT2D eigenvalue weighted by molar-refractivity contribution is 5.94. The van der Waals surface area contributed by atoms with Crippen LogP contribution in [0.4, 0.5) is 5.69 Å². The number of rotatable bonds is 5. The van der Waals surface area contributed by atoms with Crippen molar-refractivity contribution in [3.05, 3.63) is 42.6 Å². The van der Waals surface area contributed by atoms with Crippen molar-refractivity contribution < 1.29 is 13.9 Å². The summed E-state index contributed by atoms with van der Waals surface area (Å²) in [7, 11) is 0. The number of ether oxygens (including phenoxy) is 2. The first-order chi connectivity index (χ1) is 14.6. The van der Waals surface area contributed by atoms with Gasteiger partial charge in [-0.05, 0) is 38.1 Å². The van der Waals surface area contributed by atoms with E-state index < -0.39 is 0 Å². The first kappa shape index (κ1) is 18.9. The minimum absolute atomic E-state index is 0.0684. The molecule has 4 aromatic rings. The van der Waals surface area contributed by atoms with Gasteiger partial charge in [-0.15, -0.1) is 5.10 Å². The highest BCUT2D eigenvalue weighted by atomic mass is 16.5. The highest BCUT2D eigenvalue weighted by Crippen LogP contribution is 2.35. The topological polar surface area (TPSA) is 91.0 Å². The van der Waals surface area contributed by atoms with Crippen LogP contribution in [0.2, 0.25) is 0 Å². The summed E-state index contributed by atoms with van der Waals surface area (Å²) in [5, 5.41) is 5.64. The number of aromatic nitrogens is 3. The van der Waals surface area contributed by atoms with Crippen LogP contribution >= 0.6 is 0 Å². The van der Waals surface area contributed by atoms with Crippen LogP contribution in [0.1, 0.15) is 13.8 Å². The summed E-state index contributed by atoms with van der Waals surface area (Å²) in [5.41, 5.74) is 9.27. The van der Waals surface area contributed by atoms with Gasteiger partial charge in [-0.2, -0.15) is 0 Å². The van der Waals surface area contributed by atoms with Crippen molar-refractivity contribution in [2.24, 2.45) is 5.73 Å². The lowest BCUT2D eigenvalue weighted by Crippen LogP contribution is -2.43. The van der Waals surface area contributed by atoms with E-state index in [2.05, 4.69) is 34.0 Å². The summed E-state index contributed by atoms with van der Waals surface area (Å²) < 4.78 is 19.2. The minimum Gasteiger partial charge on any atom is -0.475 e. The Hall–Kier alpha value is -3.10.